The summed E-state index contributed by atoms with van der Waals surface area (Å²) < 4.78 is 15.7. The minimum Gasteiger partial charge on any atom is -0.497 e. The molecule has 0 aliphatic carbocycles. The van der Waals surface area contributed by atoms with E-state index in [1.807, 2.05) is 30.3 Å². The highest BCUT2D eigenvalue weighted by Crippen LogP contribution is 2.35. The molecule has 2 N–H and O–H groups in total. The van der Waals surface area contributed by atoms with E-state index in [0.717, 1.165) is 16.9 Å². The monoisotopic (exact) mass is 329 g/mol. The van der Waals surface area contributed by atoms with E-state index in [1.54, 1.807) is 46.7 Å². The standard InChI is InChI=1S/C19H23NO4/c1-20-12-16(13-5-8-15(22-2)9-6-13)19(21)14-7-10-17(23-3)18(11-14)24-4/h5-12,19-21H,1-4H3/b16-12-/t19-/m1/s1. The molecule has 0 unspecified atom stereocenters. The number of benzene rings is 2. The number of nitrogens with one attached hydrogen (secondary N) is 1. The van der Waals surface area contributed by atoms with Gasteiger partial charge in [-0.05, 0) is 35.4 Å². The molecule has 2 aromatic carbocycles. The largest absolute Gasteiger partial charge is 0.497 e. The number of methoxy groups -OCH3 is 3. The third kappa shape index (κ3) is 3.81. The topological polar surface area (TPSA) is 60.0 Å². The molecule has 5 nitrogen and oxygen atoms in total. The van der Waals surface area contributed by atoms with E-state index in [9.17, 15) is 5.11 Å². The van der Waals surface area contributed by atoms with Crippen LogP contribution in [0.3, 0.4) is 0 Å². The third-order valence-electron chi connectivity index (χ3n) is 3.74. The Balaban J connectivity index is 2.38. The Morgan fingerprint density at radius 1 is 0.958 bits per heavy atom. The van der Waals surface area contributed by atoms with Crippen molar-refractivity contribution in [3.8, 4) is 17.2 Å². The van der Waals surface area contributed by atoms with E-state index in [0.29, 0.717) is 17.1 Å². The van der Waals surface area contributed by atoms with Crippen molar-refractivity contribution in [3.63, 3.8) is 0 Å². The second-order valence-electron chi connectivity index (χ2n) is 5.13. The number of aliphatic hydroxyl groups excluding tert-OH is 1. The summed E-state index contributed by atoms with van der Waals surface area (Å²) in [6.07, 6.45) is 0.967. The summed E-state index contributed by atoms with van der Waals surface area (Å²) >= 11 is 0. The van der Waals surface area contributed by atoms with Crippen LogP contribution < -0.4 is 19.5 Å². The Hall–Kier alpha value is -2.66. The Bertz CT molecular complexity index is 695. The Morgan fingerprint density at radius 2 is 1.62 bits per heavy atom. The molecule has 0 saturated carbocycles. The van der Waals surface area contributed by atoms with Gasteiger partial charge in [-0.1, -0.05) is 18.2 Å². The number of hydrogen-bond donors (Lipinski definition) is 2. The first-order chi connectivity index (χ1) is 11.6. The molecular weight excluding hydrogens is 306 g/mol. The summed E-state index contributed by atoms with van der Waals surface area (Å²) in [4.78, 5) is 0. The van der Waals surface area contributed by atoms with Gasteiger partial charge in [-0.3, -0.25) is 0 Å². The van der Waals surface area contributed by atoms with Gasteiger partial charge in [0.1, 0.15) is 11.9 Å². The lowest BCUT2D eigenvalue weighted by atomic mass is 9.95. The molecule has 0 heterocycles. The summed E-state index contributed by atoms with van der Waals surface area (Å²) in [6, 6.07) is 12.9. The van der Waals surface area contributed by atoms with Crippen LogP contribution in [-0.2, 0) is 0 Å². The zero-order valence-corrected chi connectivity index (χ0v) is 14.4. The van der Waals surface area contributed by atoms with Crippen molar-refractivity contribution >= 4 is 5.57 Å². The van der Waals surface area contributed by atoms with E-state index >= 15 is 0 Å². The van der Waals surface area contributed by atoms with Crippen LogP contribution in [0.1, 0.15) is 17.2 Å². The predicted octanol–water partition coefficient (Wildman–Crippen LogP) is 3.01. The maximum absolute atomic E-state index is 10.8. The van der Waals surface area contributed by atoms with Gasteiger partial charge in [-0.15, -0.1) is 0 Å². The first-order valence-electron chi connectivity index (χ1n) is 7.56. The molecule has 0 aliphatic heterocycles. The zero-order chi connectivity index (χ0) is 17.5. The highest BCUT2D eigenvalue weighted by molar-refractivity contribution is 5.71. The number of ether oxygens (including phenoxy) is 3. The van der Waals surface area contributed by atoms with Crippen LogP contribution in [0, 0.1) is 0 Å². The van der Waals surface area contributed by atoms with E-state index in [1.165, 1.54) is 0 Å². The molecule has 2 aromatic rings. The fraction of sp³-hybridized carbons (Fsp3) is 0.263. The molecule has 0 fully saturated rings. The zero-order valence-electron chi connectivity index (χ0n) is 14.4. The predicted molar refractivity (Wildman–Crippen MR) is 94.5 cm³/mol. The van der Waals surface area contributed by atoms with Gasteiger partial charge in [0.15, 0.2) is 11.5 Å². The molecule has 0 amide bonds. The van der Waals surface area contributed by atoms with Crippen LogP contribution in [-0.4, -0.2) is 33.5 Å². The molecule has 0 radical (unpaired) electrons. The SMILES string of the molecule is CN/C=C(/c1ccc(OC)cc1)[C@H](O)c1ccc(OC)c(OC)c1. The van der Waals surface area contributed by atoms with Gasteiger partial charge in [0.25, 0.3) is 0 Å². The lowest BCUT2D eigenvalue weighted by Gasteiger charge is -2.18. The summed E-state index contributed by atoms with van der Waals surface area (Å²) in [6.45, 7) is 0. The minimum absolute atomic E-state index is 0.576. The van der Waals surface area contributed by atoms with E-state index in [4.69, 9.17) is 14.2 Å². The van der Waals surface area contributed by atoms with Gasteiger partial charge in [-0.25, -0.2) is 0 Å². The molecule has 0 aromatic heterocycles. The summed E-state index contributed by atoms with van der Waals surface area (Å²) in [5, 5.41) is 13.8. The molecule has 0 bridgehead atoms. The van der Waals surface area contributed by atoms with Gasteiger partial charge < -0.3 is 24.6 Å². The first kappa shape index (κ1) is 17.7. The molecule has 2 rings (SSSR count). The highest BCUT2D eigenvalue weighted by Gasteiger charge is 2.17. The fourth-order valence-corrected chi connectivity index (χ4v) is 2.46. The summed E-state index contributed by atoms with van der Waals surface area (Å²) in [5.41, 5.74) is 2.35. The molecule has 0 saturated heterocycles. The molecule has 0 spiro atoms. The van der Waals surface area contributed by atoms with E-state index < -0.39 is 6.10 Å². The van der Waals surface area contributed by atoms with Crippen LogP contribution in [0.5, 0.6) is 17.2 Å². The van der Waals surface area contributed by atoms with E-state index in [2.05, 4.69) is 5.32 Å². The highest BCUT2D eigenvalue weighted by atomic mass is 16.5. The second kappa shape index (κ2) is 8.26. The average molecular weight is 329 g/mol. The molecule has 0 aliphatic rings. The van der Waals surface area contributed by atoms with Crippen molar-refractivity contribution < 1.29 is 19.3 Å². The molecule has 128 valence electrons. The van der Waals surface area contributed by atoms with Crippen molar-refractivity contribution in [3.05, 3.63) is 59.8 Å². The normalized spacial score (nSPS) is 12.5. The maximum Gasteiger partial charge on any atom is 0.161 e. The van der Waals surface area contributed by atoms with Crippen LogP contribution >= 0.6 is 0 Å². The third-order valence-corrected chi connectivity index (χ3v) is 3.74. The van der Waals surface area contributed by atoms with Crippen molar-refractivity contribution in [2.24, 2.45) is 0 Å². The number of rotatable bonds is 7. The lowest BCUT2D eigenvalue weighted by molar-refractivity contribution is 0.237. The van der Waals surface area contributed by atoms with Crippen LogP contribution in [0.15, 0.2) is 48.7 Å². The van der Waals surface area contributed by atoms with Gasteiger partial charge in [0, 0.05) is 18.8 Å². The second-order valence-corrected chi connectivity index (χ2v) is 5.13. The van der Waals surface area contributed by atoms with E-state index in [-0.39, 0.29) is 0 Å². The molecule has 24 heavy (non-hydrogen) atoms. The summed E-state index contributed by atoms with van der Waals surface area (Å²) in [7, 11) is 6.57. The average Bonchev–Trinajstić information content (AvgIpc) is 2.65. The Morgan fingerprint density at radius 3 is 2.17 bits per heavy atom. The van der Waals surface area contributed by atoms with Crippen molar-refractivity contribution in [1.82, 2.24) is 5.32 Å². The number of hydrogen-bond acceptors (Lipinski definition) is 5. The smallest absolute Gasteiger partial charge is 0.161 e. The van der Waals surface area contributed by atoms with Gasteiger partial charge in [0.05, 0.1) is 21.3 Å². The van der Waals surface area contributed by atoms with Crippen molar-refractivity contribution in [2.45, 2.75) is 6.10 Å². The summed E-state index contributed by atoms with van der Waals surface area (Å²) in [5.74, 6) is 1.97. The van der Waals surface area contributed by atoms with Gasteiger partial charge >= 0.3 is 0 Å². The molecular formula is C19H23NO4. The van der Waals surface area contributed by atoms with Crippen LogP contribution in [0.25, 0.3) is 5.57 Å². The van der Waals surface area contributed by atoms with Crippen molar-refractivity contribution in [1.29, 1.82) is 0 Å². The maximum atomic E-state index is 10.8. The lowest BCUT2D eigenvalue weighted by Crippen LogP contribution is -2.06. The number of aliphatic hydroxyl groups is 1. The van der Waals surface area contributed by atoms with Gasteiger partial charge in [0.2, 0.25) is 0 Å². The molecule has 1 atom stereocenters. The quantitative estimate of drug-likeness (QED) is 0.818. The minimum atomic E-state index is -0.814. The van der Waals surface area contributed by atoms with Gasteiger partial charge in [-0.2, -0.15) is 0 Å². The van der Waals surface area contributed by atoms with Crippen LogP contribution in [0.4, 0.5) is 0 Å². The van der Waals surface area contributed by atoms with Crippen LogP contribution in [0.2, 0.25) is 0 Å². The van der Waals surface area contributed by atoms with Crippen molar-refractivity contribution in [2.75, 3.05) is 28.4 Å². The molecule has 5 heteroatoms. The Kier molecular flexibility index (Phi) is 6.09. The fourth-order valence-electron chi connectivity index (χ4n) is 2.46. The Labute approximate surface area is 142 Å². The first-order valence-corrected chi connectivity index (χ1v) is 7.56.